The maximum Gasteiger partial charge on any atom is 0.142 e. The molecule has 0 aromatic heterocycles. The second kappa shape index (κ2) is 4.58. The highest BCUT2D eigenvalue weighted by atomic mass is 35.5. The van der Waals surface area contributed by atoms with Crippen molar-refractivity contribution in [3.63, 3.8) is 0 Å². The lowest BCUT2D eigenvalue weighted by Crippen LogP contribution is -2.16. The number of nitrogens with zero attached hydrogens (tertiary/aromatic N) is 1. The van der Waals surface area contributed by atoms with Gasteiger partial charge in [-0.15, -0.1) is 0 Å². The molecule has 13 heavy (non-hydrogen) atoms. The summed E-state index contributed by atoms with van der Waals surface area (Å²) in [6.07, 6.45) is 0. The van der Waals surface area contributed by atoms with Gasteiger partial charge in [0.25, 0.3) is 0 Å². The van der Waals surface area contributed by atoms with Crippen LogP contribution in [0.1, 0.15) is 12.5 Å². The van der Waals surface area contributed by atoms with Gasteiger partial charge in [0.2, 0.25) is 0 Å². The van der Waals surface area contributed by atoms with E-state index in [1.807, 2.05) is 13.1 Å². The van der Waals surface area contributed by atoms with E-state index < -0.39 is 0 Å². The van der Waals surface area contributed by atoms with Crippen molar-refractivity contribution in [1.29, 1.82) is 0 Å². The van der Waals surface area contributed by atoms with Gasteiger partial charge in [0.05, 0.1) is 5.02 Å². The highest BCUT2D eigenvalue weighted by molar-refractivity contribution is 6.30. The molecule has 0 aliphatic rings. The molecule has 3 heteroatoms. The van der Waals surface area contributed by atoms with Crippen molar-refractivity contribution in [2.24, 2.45) is 0 Å². The van der Waals surface area contributed by atoms with E-state index in [1.54, 1.807) is 6.07 Å². The molecule has 0 heterocycles. The van der Waals surface area contributed by atoms with Gasteiger partial charge in [-0.25, -0.2) is 4.39 Å². The van der Waals surface area contributed by atoms with Gasteiger partial charge < -0.3 is 4.90 Å². The van der Waals surface area contributed by atoms with Gasteiger partial charge in [0.1, 0.15) is 5.82 Å². The van der Waals surface area contributed by atoms with Crippen molar-refractivity contribution in [3.05, 3.63) is 34.6 Å². The maximum absolute atomic E-state index is 13.0. The van der Waals surface area contributed by atoms with E-state index in [9.17, 15) is 4.39 Å². The van der Waals surface area contributed by atoms with Crippen LogP contribution in [0.5, 0.6) is 0 Å². The molecule has 0 atom stereocenters. The lowest BCUT2D eigenvalue weighted by atomic mass is 10.2. The molecule has 0 fully saturated rings. The summed E-state index contributed by atoms with van der Waals surface area (Å²) in [5.41, 5.74) is 0.950. The fraction of sp³-hybridized carbons (Fsp3) is 0.400. The Hall–Kier alpha value is -0.600. The normalized spacial score (nSPS) is 10.8. The average molecular weight is 202 g/mol. The zero-order valence-corrected chi connectivity index (χ0v) is 8.61. The first-order valence-electron chi connectivity index (χ1n) is 4.26. The molecular formula is C10H13ClFN. The molecule has 0 saturated heterocycles. The second-order valence-electron chi connectivity index (χ2n) is 3.08. The summed E-state index contributed by atoms with van der Waals surface area (Å²) in [6.45, 7) is 3.76. The summed E-state index contributed by atoms with van der Waals surface area (Å²) < 4.78 is 13.0. The van der Waals surface area contributed by atoms with Crippen LogP contribution in [0, 0.1) is 5.82 Å². The minimum Gasteiger partial charge on any atom is -0.302 e. The van der Waals surface area contributed by atoms with Crippen LogP contribution in [0.25, 0.3) is 0 Å². The smallest absolute Gasteiger partial charge is 0.142 e. The SMILES string of the molecule is CCN(C)Cc1ccc(Cl)c(F)c1. The van der Waals surface area contributed by atoms with Crippen LogP contribution in [0.2, 0.25) is 5.02 Å². The molecule has 0 spiro atoms. The largest absolute Gasteiger partial charge is 0.302 e. The summed E-state index contributed by atoms with van der Waals surface area (Å²) in [4.78, 5) is 2.10. The quantitative estimate of drug-likeness (QED) is 0.727. The highest BCUT2D eigenvalue weighted by Gasteiger charge is 2.02. The minimum atomic E-state index is -0.344. The Labute approximate surface area is 83.1 Å². The van der Waals surface area contributed by atoms with Crippen molar-refractivity contribution in [2.45, 2.75) is 13.5 Å². The zero-order valence-electron chi connectivity index (χ0n) is 7.85. The van der Waals surface area contributed by atoms with E-state index in [-0.39, 0.29) is 10.8 Å². The van der Waals surface area contributed by atoms with E-state index in [1.165, 1.54) is 6.07 Å². The number of benzene rings is 1. The van der Waals surface area contributed by atoms with Crippen molar-refractivity contribution in [2.75, 3.05) is 13.6 Å². The van der Waals surface area contributed by atoms with Crippen molar-refractivity contribution < 1.29 is 4.39 Å². The van der Waals surface area contributed by atoms with E-state index in [0.29, 0.717) is 0 Å². The molecule has 1 aromatic carbocycles. The number of hydrogen-bond acceptors (Lipinski definition) is 1. The topological polar surface area (TPSA) is 3.24 Å². The minimum absolute atomic E-state index is 0.183. The van der Waals surface area contributed by atoms with E-state index in [4.69, 9.17) is 11.6 Å². The first-order valence-corrected chi connectivity index (χ1v) is 4.63. The fourth-order valence-electron chi connectivity index (χ4n) is 1.06. The van der Waals surface area contributed by atoms with Crippen molar-refractivity contribution in [1.82, 2.24) is 4.90 Å². The Morgan fingerprint density at radius 3 is 2.69 bits per heavy atom. The summed E-state index contributed by atoms with van der Waals surface area (Å²) in [7, 11) is 1.99. The monoisotopic (exact) mass is 201 g/mol. The van der Waals surface area contributed by atoms with Gasteiger partial charge in [-0.1, -0.05) is 24.6 Å². The third kappa shape index (κ3) is 2.98. The van der Waals surface area contributed by atoms with Gasteiger partial charge >= 0.3 is 0 Å². The molecule has 0 saturated carbocycles. The molecule has 0 bridgehead atoms. The Kier molecular flexibility index (Phi) is 3.70. The lowest BCUT2D eigenvalue weighted by Gasteiger charge is -2.13. The van der Waals surface area contributed by atoms with Crippen LogP contribution in [0.15, 0.2) is 18.2 Å². The second-order valence-corrected chi connectivity index (χ2v) is 3.49. The predicted octanol–water partition coefficient (Wildman–Crippen LogP) is 2.93. The van der Waals surface area contributed by atoms with Gasteiger partial charge in [-0.3, -0.25) is 0 Å². The molecule has 0 amide bonds. The van der Waals surface area contributed by atoms with Crippen LogP contribution in [-0.4, -0.2) is 18.5 Å². The van der Waals surface area contributed by atoms with Crippen LogP contribution < -0.4 is 0 Å². The molecular weight excluding hydrogens is 189 g/mol. The Bertz CT molecular complexity index is 288. The van der Waals surface area contributed by atoms with Crippen LogP contribution >= 0.6 is 11.6 Å². The highest BCUT2D eigenvalue weighted by Crippen LogP contribution is 2.16. The van der Waals surface area contributed by atoms with Crippen LogP contribution in [0.3, 0.4) is 0 Å². The van der Waals surface area contributed by atoms with Gasteiger partial charge in [0, 0.05) is 6.54 Å². The Morgan fingerprint density at radius 1 is 1.46 bits per heavy atom. The molecule has 0 radical (unpaired) electrons. The first kappa shape index (κ1) is 10.5. The summed E-state index contributed by atoms with van der Waals surface area (Å²) in [5.74, 6) is -0.344. The number of halogens is 2. The van der Waals surface area contributed by atoms with Crippen LogP contribution in [0.4, 0.5) is 4.39 Å². The summed E-state index contributed by atoms with van der Waals surface area (Å²) in [6, 6.07) is 4.92. The molecule has 72 valence electrons. The molecule has 0 N–H and O–H groups in total. The van der Waals surface area contributed by atoms with Crippen molar-refractivity contribution in [3.8, 4) is 0 Å². The lowest BCUT2D eigenvalue weighted by molar-refractivity contribution is 0.345. The predicted molar refractivity (Wildman–Crippen MR) is 53.4 cm³/mol. The van der Waals surface area contributed by atoms with E-state index in [0.717, 1.165) is 18.7 Å². The molecule has 1 rings (SSSR count). The molecule has 0 aliphatic carbocycles. The van der Waals surface area contributed by atoms with Crippen molar-refractivity contribution >= 4 is 11.6 Å². The third-order valence-electron chi connectivity index (χ3n) is 1.98. The average Bonchev–Trinajstić information content (AvgIpc) is 2.11. The van der Waals surface area contributed by atoms with E-state index in [2.05, 4.69) is 11.8 Å². The standard InChI is InChI=1S/C10H13ClFN/c1-3-13(2)7-8-4-5-9(11)10(12)6-8/h4-6H,3,7H2,1-2H3. The Balaban J connectivity index is 2.73. The maximum atomic E-state index is 13.0. The molecule has 0 unspecified atom stereocenters. The number of rotatable bonds is 3. The van der Waals surface area contributed by atoms with Crippen LogP contribution in [-0.2, 0) is 6.54 Å². The Morgan fingerprint density at radius 2 is 2.15 bits per heavy atom. The summed E-state index contributed by atoms with van der Waals surface area (Å²) in [5, 5.41) is 0.183. The zero-order chi connectivity index (χ0) is 9.84. The van der Waals surface area contributed by atoms with E-state index >= 15 is 0 Å². The molecule has 0 aliphatic heterocycles. The number of hydrogen-bond donors (Lipinski definition) is 0. The van der Waals surface area contributed by atoms with Gasteiger partial charge in [-0.2, -0.15) is 0 Å². The third-order valence-corrected chi connectivity index (χ3v) is 2.28. The molecule has 1 nitrogen and oxygen atoms in total. The first-order chi connectivity index (χ1) is 6.13. The summed E-state index contributed by atoms with van der Waals surface area (Å²) >= 11 is 5.56. The fourth-order valence-corrected chi connectivity index (χ4v) is 1.18. The van der Waals surface area contributed by atoms with Gasteiger partial charge in [0.15, 0.2) is 0 Å². The molecule has 1 aromatic rings. The van der Waals surface area contributed by atoms with Gasteiger partial charge in [-0.05, 0) is 31.3 Å².